The zero-order valence-corrected chi connectivity index (χ0v) is 19.0. The Morgan fingerprint density at radius 2 is 2.10 bits per heavy atom. The molecule has 0 amide bonds. The number of halogens is 1. The second-order valence-electron chi connectivity index (χ2n) is 8.51. The van der Waals surface area contributed by atoms with Crippen LogP contribution in [-0.4, -0.2) is 39.5 Å². The molecule has 0 radical (unpaired) electrons. The first-order valence-electron chi connectivity index (χ1n) is 10.4. The molecule has 1 aromatic carbocycles. The Balaban J connectivity index is 1.56. The lowest BCUT2D eigenvalue weighted by molar-refractivity contribution is -0.155. The third kappa shape index (κ3) is 6.16. The zero-order chi connectivity index (χ0) is 21.7. The number of hydrogen-bond donors (Lipinski definition) is 0. The molecule has 0 bridgehead atoms. The molecule has 1 aliphatic heterocycles. The van der Waals surface area contributed by atoms with Crippen LogP contribution in [0.1, 0.15) is 56.5 Å². The molecule has 0 saturated heterocycles. The normalized spacial score (nSPS) is 14.3. The van der Waals surface area contributed by atoms with Crippen molar-refractivity contribution in [2.45, 2.75) is 65.7 Å². The maximum atomic E-state index is 12.0. The van der Waals surface area contributed by atoms with Gasteiger partial charge in [-0.25, -0.2) is 4.98 Å². The molecule has 0 atom stereocenters. The molecule has 1 aliphatic rings. The quantitative estimate of drug-likeness (QED) is 0.607. The number of carbonyl (C=O) groups is 1. The van der Waals surface area contributed by atoms with E-state index in [0.29, 0.717) is 30.6 Å². The average Bonchev–Trinajstić information content (AvgIpc) is 2.69. The van der Waals surface area contributed by atoms with E-state index in [4.69, 9.17) is 21.1 Å². The van der Waals surface area contributed by atoms with Gasteiger partial charge in [-0.05, 0) is 38.8 Å². The Morgan fingerprint density at radius 3 is 2.83 bits per heavy atom. The summed E-state index contributed by atoms with van der Waals surface area (Å²) in [6.07, 6.45) is 3.90. The van der Waals surface area contributed by atoms with Gasteiger partial charge < -0.3 is 9.47 Å². The number of aryl methyl sites for hydroxylation is 1. The molecule has 30 heavy (non-hydrogen) atoms. The number of aromatic nitrogens is 2. The monoisotopic (exact) mass is 431 g/mol. The zero-order valence-electron chi connectivity index (χ0n) is 18.2. The predicted molar refractivity (Wildman–Crippen MR) is 117 cm³/mol. The summed E-state index contributed by atoms with van der Waals surface area (Å²) in [4.78, 5) is 23.2. The molecule has 0 fully saturated rings. The van der Waals surface area contributed by atoms with Crippen LogP contribution in [-0.2, 0) is 35.5 Å². The van der Waals surface area contributed by atoms with E-state index >= 15 is 0 Å². The third-order valence-corrected chi connectivity index (χ3v) is 5.34. The van der Waals surface area contributed by atoms with Crippen LogP contribution in [0.3, 0.4) is 0 Å². The van der Waals surface area contributed by atoms with Crippen molar-refractivity contribution in [2.75, 3.05) is 13.1 Å². The SMILES string of the molecule is CCc1cccc(Cl)c1COc1ncc2c(n1)CCN(CCC(=O)OC(C)(C)C)C2. The summed E-state index contributed by atoms with van der Waals surface area (Å²) in [6.45, 7) is 10.3. The van der Waals surface area contributed by atoms with Crippen molar-refractivity contribution in [1.29, 1.82) is 0 Å². The van der Waals surface area contributed by atoms with Gasteiger partial charge in [-0.2, -0.15) is 4.98 Å². The fraction of sp³-hybridized carbons (Fsp3) is 0.522. The fourth-order valence-electron chi connectivity index (χ4n) is 3.49. The largest absolute Gasteiger partial charge is 0.460 e. The first kappa shape index (κ1) is 22.5. The lowest BCUT2D eigenvalue weighted by Crippen LogP contribution is -2.34. The number of ether oxygens (including phenoxy) is 2. The Bertz CT molecular complexity index is 896. The van der Waals surface area contributed by atoms with Crippen LogP contribution in [0.2, 0.25) is 5.02 Å². The highest BCUT2D eigenvalue weighted by Gasteiger charge is 2.21. The first-order chi connectivity index (χ1) is 14.2. The van der Waals surface area contributed by atoms with Crippen molar-refractivity contribution in [3.05, 3.63) is 51.8 Å². The van der Waals surface area contributed by atoms with Crippen LogP contribution >= 0.6 is 11.6 Å². The molecule has 2 aromatic rings. The highest BCUT2D eigenvalue weighted by molar-refractivity contribution is 6.31. The highest BCUT2D eigenvalue weighted by atomic mass is 35.5. The van der Waals surface area contributed by atoms with E-state index in [1.54, 1.807) is 0 Å². The molecule has 0 saturated carbocycles. The van der Waals surface area contributed by atoms with Gasteiger partial charge in [0.25, 0.3) is 0 Å². The summed E-state index contributed by atoms with van der Waals surface area (Å²) in [5.74, 6) is -0.167. The van der Waals surface area contributed by atoms with Crippen molar-refractivity contribution >= 4 is 17.6 Å². The van der Waals surface area contributed by atoms with Crippen molar-refractivity contribution in [2.24, 2.45) is 0 Å². The maximum Gasteiger partial charge on any atom is 0.316 e. The summed E-state index contributed by atoms with van der Waals surface area (Å²) in [7, 11) is 0. The van der Waals surface area contributed by atoms with Crippen molar-refractivity contribution < 1.29 is 14.3 Å². The van der Waals surface area contributed by atoms with Gasteiger partial charge in [0.1, 0.15) is 12.2 Å². The van der Waals surface area contributed by atoms with Crippen LogP contribution in [0, 0.1) is 0 Å². The molecular formula is C23H30ClN3O3. The minimum atomic E-state index is -0.447. The van der Waals surface area contributed by atoms with E-state index in [1.807, 2.05) is 39.1 Å². The van der Waals surface area contributed by atoms with E-state index in [-0.39, 0.29) is 5.97 Å². The van der Waals surface area contributed by atoms with E-state index in [9.17, 15) is 4.79 Å². The van der Waals surface area contributed by atoms with Crippen LogP contribution in [0.25, 0.3) is 0 Å². The number of carbonyl (C=O) groups excluding carboxylic acids is 1. The summed E-state index contributed by atoms with van der Waals surface area (Å²) in [5.41, 5.74) is 3.78. The van der Waals surface area contributed by atoms with Gasteiger partial charge in [0, 0.05) is 48.4 Å². The number of benzene rings is 1. The fourth-order valence-corrected chi connectivity index (χ4v) is 3.74. The van der Waals surface area contributed by atoms with Gasteiger partial charge in [-0.3, -0.25) is 9.69 Å². The van der Waals surface area contributed by atoms with Gasteiger partial charge in [-0.1, -0.05) is 30.7 Å². The number of fused-ring (bicyclic) bond motifs is 1. The van der Waals surface area contributed by atoms with E-state index < -0.39 is 5.60 Å². The number of rotatable bonds is 7. The predicted octanol–water partition coefficient (Wildman–Crippen LogP) is 4.36. The highest BCUT2D eigenvalue weighted by Crippen LogP contribution is 2.23. The molecule has 3 rings (SSSR count). The molecule has 0 N–H and O–H groups in total. The number of hydrogen-bond acceptors (Lipinski definition) is 6. The van der Waals surface area contributed by atoms with Crippen molar-refractivity contribution in [1.82, 2.24) is 14.9 Å². The molecule has 0 aliphatic carbocycles. The second kappa shape index (κ2) is 9.75. The maximum absolute atomic E-state index is 12.0. The van der Waals surface area contributed by atoms with E-state index in [2.05, 4.69) is 27.9 Å². The molecule has 162 valence electrons. The summed E-state index contributed by atoms with van der Waals surface area (Å²) in [5, 5.41) is 0.702. The van der Waals surface area contributed by atoms with E-state index in [0.717, 1.165) is 42.8 Å². The molecule has 0 spiro atoms. The Labute approximate surface area is 183 Å². The topological polar surface area (TPSA) is 64.6 Å². The van der Waals surface area contributed by atoms with Crippen molar-refractivity contribution in [3.8, 4) is 6.01 Å². The lowest BCUT2D eigenvalue weighted by Gasteiger charge is -2.28. The molecule has 2 heterocycles. The lowest BCUT2D eigenvalue weighted by atomic mass is 10.1. The standard InChI is InChI=1S/C23H30ClN3O3/c1-5-16-7-6-8-19(24)18(16)15-29-22-25-13-17-14-27(11-9-20(17)26-22)12-10-21(28)30-23(2,3)4/h6-8,13H,5,9-12,14-15H2,1-4H3. The first-order valence-corrected chi connectivity index (χ1v) is 10.8. The summed E-state index contributed by atoms with van der Waals surface area (Å²) >= 11 is 6.33. The molecule has 7 heteroatoms. The minimum absolute atomic E-state index is 0.167. The molecule has 0 unspecified atom stereocenters. The van der Waals surface area contributed by atoms with Crippen LogP contribution in [0.5, 0.6) is 6.01 Å². The molecule has 6 nitrogen and oxygen atoms in total. The van der Waals surface area contributed by atoms with Gasteiger partial charge in [0.05, 0.1) is 12.1 Å². The average molecular weight is 432 g/mol. The molecular weight excluding hydrogens is 402 g/mol. The minimum Gasteiger partial charge on any atom is -0.460 e. The smallest absolute Gasteiger partial charge is 0.316 e. The van der Waals surface area contributed by atoms with E-state index in [1.165, 1.54) is 5.56 Å². The molecule has 1 aromatic heterocycles. The number of nitrogens with zero attached hydrogens (tertiary/aromatic N) is 3. The third-order valence-electron chi connectivity index (χ3n) is 4.99. The van der Waals surface area contributed by atoms with Crippen LogP contribution < -0.4 is 4.74 Å². The number of esters is 1. The van der Waals surface area contributed by atoms with Crippen LogP contribution in [0.4, 0.5) is 0 Å². The summed E-state index contributed by atoms with van der Waals surface area (Å²) in [6, 6.07) is 6.26. The Morgan fingerprint density at radius 1 is 1.30 bits per heavy atom. The van der Waals surface area contributed by atoms with Crippen LogP contribution in [0.15, 0.2) is 24.4 Å². The van der Waals surface area contributed by atoms with Crippen molar-refractivity contribution in [3.63, 3.8) is 0 Å². The van der Waals surface area contributed by atoms with Gasteiger partial charge in [0.2, 0.25) is 0 Å². The van der Waals surface area contributed by atoms with Gasteiger partial charge >= 0.3 is 12.0 Å². The Hall–Kier alpha value is -2.18. The van der Waals surface area contributed by atoms with Gasteiger partial charge in [0.15, 0.2) is 0 Å². The van der Waals surface area contributed by atoms with Gasteiger partial charge in [-0.15, -0.1) is 0 Å². The summed E-state index contributed by atoms with van der Waals surface area (Å²) < 4.78 is 11.2. The second-order valence-corrected chi connectivity index (χ2v) is 8.91. The Kier molecular flexibility index (Phi) is 7.32.